The molecule has 1 atom stereocenters. The van der Waals surface area contributed by atoms with Gasteiger partial charge in [0.25, 0.3) is 5.92 Å². The van der Waals surface area contributed by atoms with Crippen LogP contribution < -0.4 is 9.80 Å². The smallest absolute Gasteiger partial charge is 0.285 e. The Morgan fingerprint density at radius 1 is 0.909 bits per heavy atom. The monoisotopic (exact) mass is 483 g/mol. The average Bonchev–Trinajstić information content (AvgIpc) is 3.02. The Morgan fingerprint density at radius 3 is 2.03 bits per heavy atom. The molecule has 8 heteroatoms. The number of amides is 2. The van der Waals surface area contributed by atoms with Crippen molar-refractivity contribution in [1.29, 1.82) is 5.26 Å². The van der Waals surface area contributed by atoms with Crippen molar-refractivity contribution >= 4 is 40.6 Å². The number of urea groups is 1. The molecular formula is C25H17Cl2F2N3O. The lowest BCUT2D eigenvalue weighted by molar-refractivity contribution is -0.124. The van der Waals surface area contributed by atoms with Gasteiger partial charge in [-0.05, 0) is 66.2 Å². The van der Waals surface area contributed by atoms with Crippen molar-refractivity contribution in [1.82, 2.24) is 0 Å². The first kappa shape index (κ1) is 21.7. The highest BCUT2D eigenvalue weighted by Crippen LogP contribution is 2.61. The van der Waals surface area contributed by atoms with Crippen LogP contribution in [0, 0.1) is 11.3 Å². The molecule has 33 heavy (non-hydrogen) atoms. The number of anilines is 2. The normalized spacial score (nSPS) is 20.6. The Labute approximate surface area is 199 Å². The van der Waals surface area contributed by atoms with Gasteiger partial charge >= 0.3 is 6.03 Å². The van der Waals surface area contributed by atoms with E-state index in [1.54, 1.807) is 72.8 Å². The molecule has 4 nitrogen and oxygen atoms in total. The molecule has 1 spiro atoms. The maximum atomic E-state index is 14.5. The van der Waals surface area contributed by atoms with Crippen LogP contribution in [0.1, 0.15) is 30.0 Å². The summed E-state index contributed by atoms with van der Waals surface area (Å²) in [5, 5.41) is 10.4. The summed E-state index contributed by atoms with van der Waals surface area (Å²) < 4.78 is 29.0. The fourth-order valence-electron chi connectivity index (χ4n) is 5.02. The van der Waals surface area contributed by atoms with Gasteiger partial charge in [0, 0.05) is 34.3 Å². The lowest BCUT2D eigenvalue weighted by Crippen LogP contribution is -2.62. The van der Waals surface area contributed by atoms with E-state index >= 15 is 0 Å². The minimum atomic E-state index is -2.91. The molecule has 1 saturated heterocycles. The standard InChI is InChI=1S/C25H17Cl2F2N3O/c26-18-4-8-20(9-5-18)31-22(17-3-1-2-16(12-17)13-30)24(14-25(28,29)15-24)32(23(31)33)21-10-6-19(27)7-11-21/h1-12,22H,14-15H2/t22-/m0/s1. The number of benzene rings is 3. The molecule has 0 aromatic heterocycles. The van der Waals surface area contributed by atoms with Crippen molar-refractivity contribution in [3.05, 3.63) is 94.0 Å². The molecule has 1 aliphatic carbocycles. The van der Waals surface area contributed by atoms with E-state index in [1.807, 2.05) is 0 Å². The molecule has 0 bridgehead atoms. The second-order valence-electron chi connectivity index (χ2n) is 8.39. The number of nitriles is 1. The van der Waals surface area contributed by atoms with E-state index in [9.17, 15) is 18.8 Å². The van der Waals surface area contributed by atoms with Gasteiger partial charge in [-0.3, -0.25) is 9.80 Å². The first-order valence-corrected chi connectivity index (χ1v) is 11.0. The van der Waals surface area contributed by atoms with E-state index in [0.717, 1.165) is 0 Å². The summed E-state index contributed by atoms with van der Waals surface area (Å²) in [5.74, 6) is -2.91. The van der Waals surface area contributed by atoms with Gasteiger partial charge in [-0.2, -0.15) is 5.26 Å². The number of carbonyl (C=O) groups is 1. The minimum absolute atomic E-state index is 0.391. The summed E-state index contributed by atoms with van der Waals surface area (Å²) in [6, 6.07) is 21.0. The Kier molecular flexibility index (Phi) is 5.08. The topological polar surface area (TPSA) is 47.3 Å². The van der Waals surface area contributed by atoms with Gasteiger partial charge in [0.1, 0.15) is 0 Å². The molecule has 0 unspecified atom stereocenters. The maximum absolute atomic E-state index is 14.5. The number of hydrogen-bond acceptors (Lipinski definition) is 2. The summed E-state index contributed by atoms with van der Waals surface area (Å²) in [6.45, 7) is 0. The highest BCUT2D eigenvalue weighted by atomic mass is 35.5. The number of hydrogen-bond donors (Lipinski definition) is 0. The summed E-state index contributed by atoms with van der Waals surface area (Å²) in [6.07, 6.45) is -1.00. The van der Waals surface area contributed by atoms with Gasteiger partial charge in [-0.15, -0.1) is 0 Å². The van der Waals surface area contributed by atoms with E-state index in [2.05, 4.69) is 6.07 Å². The highest BCUT2D eigenvalue weighted by Gasteiger charge is 2.70. The predicted molar refractivity (Wildman–Crippen MR) is 124 cm³/mol. The second kappa shape index (κ2) is 7.72. The van der Waals surface area contributed by atoms with Crippen LogP contribution in [0.5, 0.6) is 0 Å². The number of nitrogens with zero attached hydrogens (tertiary/aromatic N) is 3. The minimum Gasteiger partial charge on any atom is -0.285 e. The van der Waals surface area contributed by atoms with Crippen molar-refractivity contribution in [2.45, 2.75) is 30.3 Å². The Balaban J connectivity index is 1.73. The van der Waals surface area contributed by atoms with E-state index in [4.69, 9.17) is 23.2 Å². The van der Waals surface area contributed by atoms with Crippen molar-refractivity contribution in [2.24, 2.45) is 0 Å². The molecule has 2 aliphatic rings. The van der Waals surface area contributed by atoms with Crippen molar-refractivity contribution in [3.63, 3.8) is 0 Å². The van der Waals surface area contributed by atoms with Crippen molar-refractivity contribution < 1.29 is 13.6 Å². The first-order valence-electron chi connectivity index (χ1n) is 10.3. The third-order valence-corrected chi connectivity index (χ3v) is 6.76. The predicted octanol–water partition coefficient (Wildman–Crippen LogP) is 7.22. The lowest BCUT2D eigenvalue weighted by atomic mass is 9.66. The molecule has 166 valence electrons. The number of carbonyl (C=O) groups excluding carboxylic acids is 1. The Morgan fingerprint density at radius 2 is 1.48 bits per heavy atom. The molecule has 2 fully saturated rings. The molecular weight excluding hydrogens is 467 g/mol. The molecule has 3 aromatic carbocycles. The van der Waals surface area contributed by atoms with Gasteiger partial charge < -0.3 is 0 Å². The van der Waals surface area contributed by atoms with Crippen LogP contribution in [0.2, 0.25) is 10.0 Å². The number of halogens is 4. The van der Waals surface area contributed by atoms with E-state index < -0.39 is 36.4 Å². The molecule has 0 N–H and O–H groups in total. The van der Waals surface area contributed by atoms with Gasteiger partial charge in [0.15, 0.2) is 0 Å². The maximum Gasteiger partial charge on any atom is 0.330 e. The van der Waals surface area contributed by atoms with Gasteiger partial charge in [0.05, 0.1) is 23.2 Å². The van der Waals surface area contributed by atoms with Gasteiger partial charge in [0.2, 0.25) is 0 Å². The highest BCUT2D eigenvalue weighted by molar-refractivity contribution is 6.31. The Bertz CT molecular complexity index is 1260. The lowest BCUT2D eigenvalue weighted by Gasteiger charge is -2.52. The van der Waals surface area contributed by atoms with Gasteiger partial charge in [-0.1, -0.05) is 35.3 Å². The third-order valence-electron chi connectivity index (χ3n) is 6.26. The zero-order chi connectivity index (χ0) is 23.4. The molecule has 2 amide bonds. The van der Waals surface area contributed by atoms with Crippen LogP contribution in [-0.4, -0.2) is 17.5 Å². The first-order chi connectivity index (χ1) is 15.7. The quantitative estimate of drug-likeness (QED) is 0.394. The van der Waals surface area contributed by atoms with E-state index in [0.29, 0.717) is 32.5 Å². The summed E-state index contributed by atoms with van der Waals surface area (Å²) in [5.41, 5.74) is 0.814. The van der Waals surface area contributed by atoms with Crippen molar-refractivity contribution in [3.8, 4) is 6.07 Å². The van der Waals surface area contributed by atoms with Crippen LogP contribution in [0.3, 0.4) is 0 Å². The van der Waals surface area contributed by atoms with Gasteiger partial charge in [-0.25, -0.2) is 13.6 Å². The summed E-state index contributed by atoms with van der Waals surface area (Å²) in [4.78, 5) is 16.9. The summed E-state index contributed by atoms with van der Waals surface area (Å²) in [7, 11) is 0. The molecule has 1 heterocycles. The zero-order valence-electron chi connectivity index (χ0n) is 17.2. The largest absolute Gasteiger partial charge is 0.330 e. The van der Waals surface area contributed by atoms with Crippen LogP contribution in [0.15, 0.2) is 72.8 Å². The molecule has 1 saturated carbocycles. The number of alkyl halides is 2. The second-order valence-corrected chi connectivity index (χ2v) is 9.27. The average molecular weight is 484 g/mol. The van der Waals surface area contributed by atoms with E-state index in [1.165, 1.54) is 9.80 Å². The zero-order valence-corrected chi connectivity index (χ0v) is 18.7. The fraction of sp³-hybridized carbons (Fsp3) is 0.200. The molecule has 0 radical (unpaired) electrons. The molecule has 5 rings (SSSR count). The molecule has 1 aliphatic heterocycles. The van der Waals surface area contributed by atoms with Crippen LogP contribution in [-0.2, 0) is 0 Å². The third kappa shape index (κ3) is 3.52. The SMILES string of the molecule is N#Cc1cccc([C@@H]2N(c3ccc(Cl)cc3)C(=O)N(c3ccc(Cl)cc3)C23CC(F)(F)C3)c1. The van der Waals surface area contributed by atoms with E-state index in [-0.39, 0.29) is 0 Å². The fourth-order valence-corrected chi connectivity index (χ4v) is 5.28. The summed E-state index contributed by atoms with van der Waals surface area (Å²) >= 11 is 12.1. The van der Waals surface area contributed by atoms with Crippen LogP contribution in [0.4, 0.5) is 25.0 Å². The van der Waals surface area contributed by atoms with Crippen LogP contribution in [0.25, 0.3) is 0 Å². The van der Waals surface area contributed by atoms with Crippen molar-refractivity contribution in [2.75, 3.05) is 9.80 Å². The van der Waals surface area contributed by atoms with Crippen LogP contribution >= 0.6 is 23.2 Å². The number of rotatable bonds is 3. The molecule has 3 aromatic rings. The Hall–Kier alpha value is -3.14.